The third kappa shape index (κ3) is 3.94. The van der Waals surface area contributed by atoms with Gasteiger partial charge in [0, 0.05) is 6.54 Å². The van der Waals surface area contributed by atoms with Gasteiger partial charge in [0.05, 0.1) is 15.9 Å². The molecule has 0 aliphatic rings. The van der Waals surface area contributed by atoms with E-state index in [1.54, 1.807) is 13.0 Å². The van der Waals surface area contributed by atoms with Crippen LogP contribution in [0, 0.1) is 11.7 Å². The fourth-order valence-corrected chi connectivity index (χ4v) is 1.43. The highest BCUT2D eigenvalue weighted by atomic mass is 35.5. The molecule has 0 aliphatic carbocycles. The molecule has 0 fully saturated rings. The Morgan fingerprint density at radius 3 is 2.82 bits per heavy atom. The normalized spacial score (nSPS) is 11.9. The summed E-state index contributed by atoms with van der Waals surface area (Å²) in [5.74, 6) is -1.28. The molecule has 0 radical (unpaired) electrons. The Morgan fingerprint density at radius 1 is 1.65 bits per heavy atom. The lowest BCUT2D eigenvalue weighted by Crippen LogP contribution is -2.35. The predicted molar refractivity (Wildman–Crippen MR) is 69.2 cm³/mol. The lowest BCUT2D eigenvalue weighted by atomic mass is 10.1. The van der Waals surface area contributed by atoms with Crippen LogP contribution in [0.5, 0.6) is 0 Å². The standard InChI is InChI=1S/C11H12ClFN2OS/c1-6(10(14)17)11(16)15-5-7-2-3-9(13)8(12)4-7/h2-4,6H,5H2,1H3,(H2,14,17)(H,15,16). The summed E-state index contributed by atoms with van der Waals surface area (Å²) in [4.78, 5) is 11.7. The average molecular weight is 275 g/mol. The number of carbonyl (C=O) groups is 1. The maximum atomic E-state index is 12.9. The van der Waals surface area contributed by atoms with Gasteiger partial charge in [-0.2, -0.15) is 0 Å². The first-order valence-corrected chi connectivity index (χ1v) is 5.71. The SMILES string of the molecule is CC(C(=O)NCc1ccc(F)c(Cl)c1)C(N)=S. The molecule has 1 aromatic carbocycles. The van der Waals surface area contributed by atoms with E-state index in [-0.39, 0.29) is 22.5 Å². The van der Waals surface area contributed by atoms with Crippen LogP contribution < -0.4 is 11.1 Å². The van der Waals surface area contributed by atoms with Crippen LogP contribution >= 0.6 is 23.8 Å². The zero-order valence-electron chi connectivity index (χ0n) is 9.17. The van der Waals surface area contributed by atoms with Crippen molar-refractivity contribution >= 4 is 34.7 Å². The Kier molecular flexibility index (Phi) is 4.84. The number of amides is 1. The summed E-state index contributed by atoms with van der Waals surface area (Å²) in [5.41, 5.74) is 6.06. The zero-order chi connectivity index (χ0) is 13.0. The first-order valence-electron chi connectivity index (χ1n) is 4.92. The Labute approximate surface area is 109 Å². The molecule has 3 nitrogen and oxygen atoms in total. The van der Waals surface area contributed by atoms with Gasteiger partial charge in [0.15, 0.2) is 0 Å². The summed E-state index contributed by atoms with van der Waals surface area (Å²) in [7, 11) is 0. The lowest BCUT2D eigenvalue weighted by Gasteiger charge is -2.10. The molecule has 92 valence electrons. The molecule has 0 aliphatic heterocycles. The largest absolute Gasteiger partial charge is 0.393 e. The van der Waals surface area contributed by atoms with Crippen molar-refractivity contribution in [3.63, 3.8) is 0 Å². The topological polar surface area (TPSA) is 55.1 Å². The van der Waals surface area contributed by atoms with Gasteiger partial charge in [0.2, 0.25) is 5.91 Å². The minimum atomic E-state index is -0.527. The zero-order valence-corrected chi connectivity index (χ0v) is 10.7. The van der Waals surface area contributed by atoms with Crippen LogP contribution in [0.25, 0.3) is 0 Å². The molecule has 0 saturated heterocycles. The third-order valence-corrected chi connectivity index (χ3v) is 2.91. The molecule has 3 N–H and O–H groups in total. The number of benzene rings is 1. The molecule has 1 rings (SSSR count). The Bertz CT molecular complexity index is 453. The molecule has 0 saturated carbocycles. The van der Waals surface area contributed by atoms with E-state index >= 15 is 0 Å². The number of hydrogen-bond acceptors (Lipinski definition) is 2. The van der Waals surface area contributed by atoms with Gasteiger partial charge in [-0.25, -0.2) is 4.39 Å². The Balaban J connectivity index is 2.59. The average Bonchev–Trinajstić information content (AvgIpc) is 2.29. The molecule has 6 heteroatoms. The molecule has 1 aromatic rings. The van der Waals surface area contributed by atoms with E-state index in [4.69, 9.17) is 29.6 Å². The van der Waals surface area contributed by atoms with Gasteiger partial charge in [0.1, 0.15) is 5.82 Å². The van der Waals surface area contributed by atoms with E-state index < -0.39 is 11.7 Å². The lowest BCUT2D eigenvalue weighted by molar-refractivity contribution is -0.122. The first kappa shape index (κ1) is 13.9. The van der Waals surface area contributed by atoms with Crippen molar-refractivity contribution in [2.75, 3.05) is 0 Å². The number of carbonyl (C=O) groups excluding carboxylic acids is 1. The molecule has 17 heavy (non-hydrogen) atoms. The molecule has 0 heterocycles. The second-order valence-corrected chi connectivity index (χ2v) is 4.47. The number of thiocarbonyl (C=S) groups is 1. The minimum Gasteiger partial charge on any atom is -0.393 e. The highest BCUT2D eigenvalue weighted by molar-refractivity contribution is 7.80. The summed E-state index contributed by atoms with van der Waals surface area (Å²) in [6.07, 6.45) is 0. The number of nitrogens with two attached hydrogens (primary N) is 1. The van der Waals surface area contributed by atoms with Gasteiger partial charge in [-0.3, -0.25) is 4.79 Å². The highest BCUT2D eigenvalue weighted by Crippen LogP contribution is 2.15. The van der Waals surface area contributed by atoms with Gasteiger partial charge < -0.3 is 11.1 Å². The summed E-state index contributed by atoms with van der Waals surface area (Å²) in [5, 5.41) is 2.67. The number of halogens is 2. The Hall–Kier alpha value is -1.20. The number of nitrogens with one attached hydrogen (secondary N) is 1. The Morgan fingerprint density at radius 2 is 2.29 bits per heavy atom. The van der Waals surface area contributed by atoms with Crippen molar-refractivity contribution in [2.24, 2.45) is 11.7 Å². The molecule has 1 atom stereocenters. The van der Waals surface area contributed by atoms with Gasteiger partial charge in [-0.15, -0.1) is 0 Å². The van der Waals surface area contributed by atoms with Crippen molar-refractivity contribution in [3.8, 4) is 0 Å². The first-order chi connectivity index (χ1) is 7.91. The maximum Gasteiger partial charge on any atom is 0.229 e. The van der Waals surface area contributed by atoms with Crippen LogP contribution in [0.15, 0.2) is 18.2 Å². The quantitative estimate of drug-likeness (QED) is 0.826. The van der Waals surface area contributed by atoms with Crippen molar-refractivity contribution in [3.05, 3.63) is 34.6 Å². The van der Waals surface area contributed by atoms with Crippen molar-refractivity contribution in [1.82, 2.24) is 5.32 Å². The van der Waals surface area contributed by atoms with E-state index in [0.717, 1.165) is 0 Å². The minimum absolute atomic E-state index is 0.0270. The van der Waals surface area contributed by atoms with Crippen LogP contribution in [0.3, 0.4) is 0 Å². The van der Waals surface area contributed by atoms with Gasteiger partial charge in [-0.05, 0) is 24.6 Å². The van der Waals surface area contributed by atoms with Gasteiger partial charge in [-0.1, -0.05) is 29.9 Å². The van der Waals surface area contributed by atoms with Crippen LogP contribution in [-0.4, -0.2) is 10.9 Å². The summed E-state index contributed by atoms with van der Waals surface area (Å²) in [6, 6.07) is 4.26. The van der Waals surface area contributed by atoms with Crippen molar-refractivity contribution < 1.29 is 9.18 Å². The molecular formula is C11H12ClFN2OS. The van der Waals surface area contributed by atoms with Crippen molar-refractivity contribution in [2.45, 2.75) is 13.5 Å². The molecule has 0 spiro atoms. The molecular weight excluding hydrogens is 263 g/mol. The van der Waals surface area contributed by atoms with Crippen LogP contribution in [0.1, 0.15) is 12.5 Å². The summed E-state index contributed by atoms with van der Waals surface area (Å²) in [6.45, 7) is 1.88. The van der Waals surface area contributed by atoms with Crippen molar-refractivity contribution in [1.29, 1.82) is 0 Å². The fraction of sp³-hybridized carbons (Fsp3) is 0.273. The second-order valence-electron chi connectivity index (χ2n) is 3.59. The molecule has 1 amide bonds. The number of rotatable bonds is 4. The van der Waals surface area contributed by atoms with Gasteiger partial charge >= 0.3 is 0 Å². The van der Waals surface area contributed by atoms with Crippen LogP contribution in [0.4, 0.5) is 4.39 Å². The van der Waals surface area contributed by atoms with E-state index in [2.05, 4.69) is 5.32 Å². The third-order valence-electron chi connectivity index (χ3n) is 2.27. The monoisotopic (exact) mass is 274 g/mol. The second kappa shape index (κ2) is 5.93. The van der Waals surface area contributed by atoms with Gasteiger partial charge in [0.25, 0.3) is 0 Å². The predicted octanol–water partition coefficient (Wildman–Crippen LogP) is 2.02. The summed E-state index contributed by atoms with van der Waals surface area (Å²) >= 11 is 10.3. The van der Waals surface area contributed by atoms with E-state index in [0.29, 0.717) is 5.56 Å². The highest BCUT2D eigenvalue weighted by Gasteiger charge is 2.14. The van der Waals surface area contributed by atoms with Crippen LogP contribution in [-0.2, 0) is 11.3 Å². The fourth-order valence-electron chi connectivity index (χ4n) is 1.12. The smallest absolute Gasteiger partial charge is 0.229 e. The van der Waals surface area contributed by atoms with E-state index in [1.807, 2.05) is 0 Å². The molecule has 0 aromatic heterocycles. The molecule has 0 bridgehead atoms. The van der Waals surface area contributed by atoms with E-state index in [9.17, 15) is 9.18 Å². The van der Waals surface area contributed by atoms with E-state index in [1.165, 1.54) is 12.1 Å². The maximum absolute atomic E-state index is 12.9. The molecule has 1 unspecified atom stereocenters. The van der Waals surface area contributed by atoms with Crippen LogP contribution in [0.2, 0.25) is 5.02 Å². The summed E-state index contributed by atoms with van der Waals surface area (Å²) < 4.78 is 12.9. The number of hydrogen-bond donors (Lipinski definition) is 2.